The highest BCUT2D eigenvalue weighted by Crippen LogP contribution is 2.45. The average molecular weight is 370 g/mol. The molecule has 1 heterocycles. The smallest absolute Gasteiger partial charge is 0.312 e. The van der Waals surface area contributed by atoms with Crippen molar-refractivity contribution >= 4 is 21.6 Å². The molecule has 1 aliphatic heterocycles. The number of rotatable bonds is 5. The van der Waals surface area contributed by atoms with Crippen LogP contribution >= 0.6 is 15.9 Å². The Balaban J connectivity index is 1.96. The molecule has 0 radical (unpaired) electrons. The van der Waals surface area contributed by atoms with Gasteiger partial charge in [0, 0.05) is 48.3 Å². The zero-order valence-electron chi connectivity index (χ0n) is 12.3. The first kappa shape index (κ1) is 15.7. The summed E-state index contributed by atoms with van der Waals surface area (Å²) < 4.78 is 0.642. The van der Waals surface area contributed by atoms with E-state index in [2.05, 4.69) is 26.1 Å². The summed E-state index contributed by atoms with van der Waals surface area (Å²) in [4.78, 5) is 13.0. The molecule has 2 fully saturated rings. The number of nitro benzene ring substituents is 1. The van der Waals surface area contributed by atoms with Gasteiger partial charge >= 0.3 is 5.69 Å². The van der Waals surface area contributed by atoms with Crippen molar-refractivity contribution in [1.82, 2.24) is 10.2 Å². The lowest BCUT2D eigenvalue weighted by atomic mass is 9.97. The molecule has 7 heteroatoms. The monoisotopic (exact) mass is 369 g/mol. The van der Waals surface area contributed by atoms with Crippen LogP contribution in [0, 0.1) is 16.0 Å². The van der Waals surface area contributed by atoms with Crippen LogP contribution in [0.2, 0.25) is 0 Å². The molecule has 0 unspecified atom stereocenters. The van der Waals surface area contributed by atoms with Gasteiger partial charge in [-0.15, -0.1) is 0 Å². The van der Waals surface area contributed by atoms with Crippen LogP contribution in [0.4, 0.5) is 5.69 Å². The Bertz CT molecular complexity index is 571. The van der Waals surface area contributed by atoms with E-state index in [1.807, 2.05) is 6.07 Å². The van der Waals surface area contributed by atoms with Crippen molar-refractivity contribution < 1.29 is 10.0 Å². The van der Waals surface area contributed by atoms with Crippen molar-refractivity contribution in [2.24, 2.45) is 5.92 Å². The number of nitrogens with one attached hydrogen (secondary N) is 1. The number of aromatic hydroxyl groups is 1. The summed E-state index contributed by atoms with van der Waals surface area (Å²) in [5.74, 6) is 0.495. The van der Waals surface area contributed by atoms with Gasteiger partial charge in [0.1, 0.15) is 0 Å². The molecule has 6 nitrogen and oxygen atoms in total. The summed E-state index contributed by atoms with van der Waals surface area (Å²) in [6, 6.07) is 3.24. The highest BCUT2D eigenvalue weighted by atomic mass is 79.9. The Hall–Kier alpha value is -1.18. The fraction of sp³-hybridized carbons (Fsp3) is 0.600. The van der Waals surface area contributed by atoms with Gasteiger partial charge in [-0.3, -0.25) is 15.0 Å². The number of phenolic OH excluding ortho intramolecular Hbond substituents is 1. The van der Waals surface area contributed by atoms with Crippen molar-refractivity contribution in [2.75, 3.05) is 26.2 Å². The predicted molar refractivity (Wildman–Crippen MR) is 87.0 cm³/mol. The van der Waals surface area contributed by atoms with Crippen molar-refractivity contribution in [3.05, 3.63) is 32.3 Å². The summed E-state index contributed by atoms with van der Waals surface area (Å²) >= 11 is 3.34. The molecular weight excluding hydrogens is 350 g/mol. The maximum Gasteiger partial charge on any atom is 0.312 e. The topological polar surface area (TPSA) is 78.6 Å². The van der Waals surface area contributed by atoms with Crippen LogP contribution in [0.3, 0.4) is 0 Å². The molecule has 1 aromatic rings. The van der Waals surface area contributed by atoms with Crippen LogP contribution in [0.1, 0.15) is 30.9 Å². The van der Waals surface area contributed by atoms with Gasteiger partial charge in [0.15, 0.2) is 5.75 Å². The second-order valence-electron chi connectivity index (χ2n) is 6.10. The van der Waals surface area contributed by atoms with Crippen LogP contribution in [0.25, 0.3) is 0 Å². The van der Waals surface area contributed by atoms with Crippen LogP contribution < -0.4 is 5.32 Å². The molecule has 22 heavy (non-hydrogen) atoms. The van der Waals surface area contributed by atoms with E-state index in [9.17, 15) is 15.2 Å². The lowest BCUT2D eigenvalue weighted by molar-refractivity contribution is -0.386. The van der Waals surface area contributed by atoms with Gasteiger partial charge in [-0.05, 0) is 18.4 Å². The maximum atomic E-state index is 11.2. The molecule has 0 aromatic heterocycles. The Morgan fingerprint density at radius 2 is 2.09 bits per heavy atom. The van der Waals surface area contributed by atoms with E-state index >= 15 is 0 Å². The molecule has 1 saturated heterocycles. The third-order valence-electron chi connectivity index (χ3n) is 4.49. The van der Waals surface area contributed by atoms with Crippen molar-refractivity contribution in [1.29, 1.82) is 0 Å². The summed E-state index contributed by atoms with van der Waals surface area (Å²) in [6.45, 7) is 3.63. The third kappa shape index (κ3) is 3.42. The number of halogens is 1. The molecule has 0 amide bonds. The minimum Gasteiger partial charge on any atom is -0.502 e. The van der Waals surface area contributed by atoms with Crippen molar-refractivity contribution in [2.45, 2.75) is 25.3 Å². The zero-order chi connectivity index (χ0) is 15.7. The van der Waals surface area contributed by atoms with E-state index in [4.69, 9.17) is 0 Å². The SMILES string of the molecule is O=[N+]([O-])c1cc(Br)cc([C@@H](CC2CC2)N2CCNCC2)c1O. The largest absolute Gasteiger partial charge is 0.502 e. The van der Waals surface area contributed by atoms with Gasteiger partial charge in [-0.1, -0.05) is 28.8 Å². The van der Waals surface area contributed by atoms with Gasteiger partial charge < -0.3 is 10.4 Å². The van der Waals surface area contributed by atoms with Gasteiger partial charge in [0.05, 0.1) is 4.92 Å². The Labute approximate surface area is 137 Å². The van der Waals surface area contributed by atoms with Crippen LogP contribution in [0.15, 0.2) is 16.6 Å². The number of piperazine rings is 1. The van der Waals surface area contributed by atoms with E-state index in [0.717, 1.165) is 32.6 Å². The number of nitrogens with zero attached hydrogens (tertiary/aromatic N) is 2. The highest BCUT2D eigenvalue weighted by molar-refractivity contribution is 9.10. The Morgan fingerprint density at radius 3 is 2.68 bits per heavy atom. The molecule has 2 aliphatic rings. The second-order valence-corrected chi connectivity index (χ2v) is 7.02. The van der Waals surface area contributed by atoms with Crippen molar-refractivity contribution in [3.63, 3.8) is 0 Å². The standard InChI is InChI=1S/C15H20BrN3O3/c16-11-8-12(15(20)14(9-11)19(21)22)13(7-10-1-2-10)18-5-3-17-4-6-18/h8-10,13,17,20H,1-7H2/t13-/m1/s1. The van der Waals surface area contributed by atoms with E-state index < -0.39 is 4.92 Å². The quantitative estimate of drug-likeness (QED) is 0.616. The van der Waals surface area contributed by atoms with Gasteiger partial charge in [0.2, 0.25) is 0 Å². The lowest BCUT2D eigenvalue weighted by Crippen LogP contribution is -2.45. The van der Waals surface area contributed by atoms with Crippen LogP contribution in [-0.4, -0.2) is 41.1 Å². The zero-order valence-corrected chi connectivity index (χ0v) is 13.9. The minimum atomic E-state index is -0.518. The number of hydrogen-bond donors (Lipinski definition) is 2. The maximum absolute atomic E-state index is 11.2. The molecule has 1 aliphatic carbocycles. The summed E-state index contributed by atoms with van der Waals surface area (Å²) in [6.07, 6.45) is 3.40. The Morgan fingerprint density at radius 1 is 1.41 bits per heavy atom. The fourth-order valence-corrected chi connectivity index (χ4v) is 3.60. The number of nitro groups is 1. The number of phenols is 1. The van der Waals surface area contributed by atoms with Crippen molar-refractivity contribution in [3.8, 4) is 5.75 Å². The first-order valence-electron chi connectivity index (χ1n) is 7.68. The molecule has 0 spiro atoms. The highest BCUT2D eigenvalue weighted by Gasteiger charge is 2.33. The molecule has 120 valence electrons. The summed E-state index contributed by atoms with van der Waals surface area (Å²) in [7, 11) is 0. The summed E-state index contributed by atoms with van der Waals surface area (Å²) in [5.41, 5.74) is 0.454. The van der Waals surface area contributed by atoms with E-state index in [0.29, 0.717) is 16.0 Å². The van der Waals surface area contributed by atoms with Crippen LogP contribution in [0.5, 0.6) is 5.75 Å². The molecule has 1 atom stereocenters. The molecule has 0 bridgehead atoms. The van der Waals surface area contributed by atoms with E-state index in [-0.39, 0.29) is 17.5 Å². The number of hydrogen-bond acceptors (Lipinski definition) is 5. The normalized spacial score (nSPS) is 20.8. The first-order chi connectivity index (χ1) is 10.6. The van der Waals surface area contributed by atoms with Gasteiger partial charge in [0.25, 0.3) is 0 Å². The summed E-state index contributed by atoms with van der Waals surface area (Å²) in [5, 5.41) is 24.9. The predicted octanol–water partition coefficient (Wildman–Crippen LogP) is 2.81. The minimum absolute atomic E-state index is 0.0470. The average Bonchev–Trinajstić information content (AvgIpc) is 3.32. The van der Waals surface area contributed by atoms with Gasteiger partial charge in [-0.25, -0.2) is 0 Å². The molecule has 1 aromatic carbocycles. The third-order valence-corrected chi connectivity index (χ3v) is 4.94. The van der Waals surface area contributed by atoms with E-state index in [1.54, 1.807) is 0 Å². The number of benzene rings is 1. The molecule has 3 rings (SSSR count). The lowest BCUT2D eigenvalue weighted by Gasteiger charge is -2.35. The van der Waals surface area contributed by atoms with Crippen LogP contribution in [-0.2, 0) is 0 Å². The molecule has 1 saturated carbocycles. The van der Waals surface area contributed by atoms with E-state index in [1.165, 1.54) is 18.9 Å². The molecular formula is C15H20BrN3O3. The first-order valence-corrected chi connectivity index (χ1v) is 8.47. The Kier molecular flexibility index (Phi) is 4.65. The van der Waals surface area contributed by atoms with Gasteiger partial charge in [-0.2, -0.15) is 0 Å². The second kappa shape index (κ2) is 6.52. The molecule has 2 N–H and O–H groups in total. The fourth-order valence-electron chi connectivity index (χ4n) is 3.13.